The zero-order valence-electron chi connectivity index (χ0n) is 18.9. The van der Waals surface area contributed by atoms with Crippen LogP contribution in [0.5, 0.6) is 5.75 Å². The van der Waals surface area contributed by atoms with Crippen LogP contribution in [0.1, 0.15) is 18.4 Å². The number of carbonyl (C=O) groups excluding carboxylic acids is 1. The first-order valence-electron chi connectivity index (χ1n) is 11.6. The Labute approximate surface area is 206 Å². The smallest absolute Gasteiger partial charge is 0.224 e. The summed E-state index contributed by atoms with van der Waals surface area (Å²) in [6.07, 6.45) is 7.07. The quantitative estimate of drug-likeness (QED) is 0.441. The molecule has 11 heteroatoms. The Morgan fingerprint density at radius 3 is 2.94 bits per heavy atom. The van der Waals surface area contributed by atoms with Crippen molar-refractivity contribution in [2.75, 3.05) is 41.9 Å². The van der Waals surface area contributed by atoms with Crippen molar-refractivity contribution in [3.63, 3.8) is 0 Å². The molecule has 10 nitrogen and oxygen atoms in total. The third-order valence-electron chi connectivity index (χ3n) is 6.57. The standard InChI is InChI=1S/C24H25ClN6O4/c25-18-11-26-31-21-10-20(28-24(18)31)30-12-17(9-16(30)13-32)34-5-1-2-6-35-19-8-15(27-21)7-14-3-4-22(33)29-23(14)19/h1-2,7-8,10-11,16-17,27,32H,3-6,9,12-13H2,(H,29,33)/b2-1+/t16-,17-/m0/s1. The van der Waals surface area contributed by atoms with E-state index in [2.05, 4.69) is 20.6 Å². The van der Waals surface area contributed by atoms with Gasteiger partial charge in [0.15, 0.2) is 5.65 Å². The van der Waals surface area contributed by atoms with Crippen LogP contribution in [0.4, 0.5) is 23.0 Å². The first kappa shape index (κ1) is 22.1. The van der Waals surface area contributed by atoms with Crippen LogP contribution in [0, 0.1) is 0 Å². The molecule has 1 fully saturated rings. The van der Waals surface area contributed by atoms with Gasteiger partial charge in [0.05, 0.1) is 37.2 Å². The number of aliphatic hydroxyl groups excluding tert-OH is 1. The average molecular weight is 497 g/mol. The van der Waals surface area contributed by atoms with E-state index in [1.807, 2.05) is 30.4 Å². The minimum Gasteiger partial charge on any atom is -0.487 e. The number of nitrogens with zero attached hydrogens (tertiary/aromatic N) is 4. The van der Waals surface area contributed by atoms with Crippen LogP contribution >= 0.6 is 11.6 Å². The highest BCUT2D eigenvalue weighted by molar-refractivity contribution is 6.33. The van der Waals surface area contributed by atoms with Gasteiger partial charge in [-0.3, -0.25) is 4.79 Å². The molecule has 3 aromatic rings. The van der Waals surface area contributed by atoms with E-state index in [9.17, 15) is 9.90 Å². The van der Waals surface area contributed by atoms with Crippen molar-refractivity contribution < 1.29 is 19.4 Å². The second kappa shape index (κ2) is 9.03. The van der Waals surface area contributed by atoms with E-state index in [4.69, 9.17) is 26.1 Å². The topological polar surface area (TPSA) is 113 Å². The van der Waals surface area contributed by atoms with Crippen molar-refractivity contribution in [1.82, 2.24) is 14.6 Å². The van der Waals surface area contributed by atoms with Crippen molar-refractivity contribution in [2.45, 2.75) is 31.4 Å². The molecule has 3 aliphatic rings. The lowest BCUT2D eigenvalue weighted by Crippen LogP contribution is -2.33. The van der Waals surface area contributed by atoms with Gasteiger partial charge >= 0.3 is 0 Å². The molecular weight excluding hydrogens is 472 g/mol. The monoisotopic (exact) mass is 496 g/mol. The summed E-state index contributed by atoms with van der Waals surface area (Å²) in [4.78, 5) is 18.9. The first-order chi connectivity index (χ1) is 17.1. The van der Waals surface area contributed by atoms with Gasteiger partial charge in [-0.05, 0) is 30.5 Å². The van der Waals surface area contributed by atoms with Crippen LogP contribution < -0.4 is 20.3 Å². The molecule has 0 saturated carbocycles. The number of halogens is 1. The lowest BCUT2D eigenvalue weighted by Gasteiger charge is -2.25. The van der Waals surface area contributed by atoms with Crippen molar-refractivity contribution >= 4 is 46.2 Å². The Kier molecular flexibility index (Phi) is 5.71. The fraction of sp³-hybridized carbons (Fsp3) is 0.375. The van der Waals surface area contributed by atoms with E-state index in [-0.39, 0.29) is 24.7 Å². The number of benzene rings is 1. The first-order valence-corrected chi connectivity index (χ1v) is 12.0. The Bertz CT molecular complexity index is 1330. The van der Waals surface area contributed by atoms with E-state index < -0.39 is 0 Å². The maximum absolute atomic E-state index is 12.0. The molecule has 3 N–H and O–H groups in total. The molecule has 5 heterocycles. The highest BCUT2D eigenvalue weighted by atomic mass is 35.5. The van der Waals surface area contributed by atoms with Crippen molar-refractivity contribution in [2.24, 2.45) is 0 Å². The summed E-state index contributed by atoms with van der Waals surface area (Å²) >= 11 is 6.42. The van der Waals surface area contributed by atoms with Gasteiger partial charge in [0.2, 0.25) is 5.91 Å². The van der Waals surface area contributed by atoms with Crippen molar-refractivity contribution in [1.29, 1.82) is 0 Å². The molecular formula is C24H25ClN6O4. The van der Waals surface area contributed by atoms with Gasteiger partial charge in [-0.15, -0.1) is 0 Å². The molecule has 0 spiro atoms. The SMILES string of the molecule is O=C1CCc2cc3cc(c2N1)OC/C=C/CO[C@H]1C[C@@H](CO)N(C1)c1cc(n2ncc(Cl)c2n1)N3. The number of aliphatic hydroxyl groups is 1. The highest BCUT2D eigenvalue weighted by Gasteiger charge is 2.34. The predicted molar refractivity (Wildman–Crippen MR) is 132 cm³/mol. The molecule has 0 radical (unpaired) electrons. The molecule has 6 bridgehead atoms. The number of carbonyl (C=O) groups is 1. The maximum atomic E-state index is 12.0. The Morgan fingerprint density at radius 1 is 1.17 bits per heavy atom. The van der Waals surface area contributed by atoms with Gasteiger partial charge in [-0.2, -0.15) is 9.61 Å². The largest absolute Gasteiger partial charge is 0.487 e. The summed E-state index contributed by atoms with van der Waals surface area (Å²) in [6, 6.07) is 5.65. The highest BCUT2D eigenvalue weighted by Crippen LogP contribution is 2.38. The number of aryl methyl sites for hydroxylation is 1. The van der Waals surface area contributed by atoms with Crippen molar-refractivity contribution in [3.8, 4) is 5.75 Å². The zero-order valence-corrected chi connectivity index (χ0v) is 19.7. The number of ether oxygens (including phenoxy) is 2. The average Bonchev–Trinajstić information content (AvgIpc) is 3.44. The molecule has 1 saturated heterocycles. The van der Waals surface area contributed by atoms with Gasteiger partial charge in [0.25, 0.3) is 0 Å². The molecule has 2 aromatic heterocycles. The second-order valence-corrected chi connectivity index (χ2v) is 9.28. The van der Waals surface area contributed by atoms with Gasteiger partial charge in [0, 0.05) is 30.8 Å². The minimum absolute atomic E-state index is 0.00788. The molecule has 1 amide bonds. The summed E-state index contributed by atoms with van der Waals surface area (Å²) in [5, 5.41) is 21.3. The number of amides is 1. The molecule has 35 heavy (non-hydrogen) atoms. The summed E-state index contributed by atoms with van der Waals surface area (Å²) in [5.41, 5.74) is 3.00. The number of fused-ring (bicyclic) bond motifs is 11. The van der Waals surface area contributed by atoms with Gasteiger partial charge < -0.3 is 30.1 Å². The molecule has 3 aliphatic heterocycles. The fourth-order valence-corrected chi connectivity index (χ4v) is 5.04. The van der Waals surface area contributed by atoms with Crippen LogP contribution in [-0.2, 0) is 16.0 Å². The summed E-state index contributed by atoms with van der Waals surface area (Å²) in [6.45, 7) is 1.37. The van der Waals surface area contributed by atoms with E-state index in [1.165, 1.54) is 0 Å². The van der Waals surface area contributed by atoms with Crippen LogP contribution in [-0.4, -0.2) is 64.1 Å². The molecule has 182 valence electrons. The normalized spacial score (nSPS) is 22.8. The molecule has 1 aromatic carbocycles. The van der Waals surface area contributed by atoms with Gasteiger partial charge in [0.1, 0.15) is 29.0 Å². The second-order valence-electron chi connectivity index (χ2n) is 8.87. The zero-order chi connectivity index (χ0) is 23.9. The molecule has 2 atom stereocenters. The van der Waals surface area contributed by atoms with Crippen LogP contribution in [0.3, 0.4) is 0 Å². The van der Waals surface area contributed by atoms with E-state index in [0.717, 1.165) is 11.3 Å². The number of aromatic nitrogens is 3. The molecule has 0 unspecified atom stereocenters. The van der Waals surface area contributed by atoms with Crippen molar-refractivity contribution in [3.05, 3.63) is 47.1 Å². The van der Waals surface area contributed by atoms with Gasteiger partial charge in [-0.25, -0.2) is 4.98 Å². The van der Waals surface area contributed by atoms with Crippen LogP contribution in [0.25, 0.3) is 5.65 Å². The Hall–Kier alpha value is -3.34. The summed E-state index contributed by atoms with van der Waals surface area (Å²) in [5.74, 6) is 1.90. The van der Waals surface area contributed by atoms with E-state index in [1.54, 1.807) is 10.7 Å². The molecule has 6 rings (SSSR count). The predicted octanol–water partition coefficient (Wildman–Crippen LogP) is 2.92. The number of nitrogens with one attached hydrogen (secondary N) is 2. The summed E-state index contributed by atoms with van der Waals surface area (Å²) in [7, 11) is 0. The number of hydrogen-bond donors (Lipinski definition) is 3. The van der Waals surface area contributed by atoms with Crippen LogP contribution in [0.2, 0.25) is 5.02 Å². The lowest BCUT2D eigenvalue weighted by atomic mass is 10.0. The Balaban J connectivity index is 1.48. The third kappa shape index (κ3) is 4.18. The van der Waals surface area contributed by atoms with Gasteiger partial charge in [-0.1, -0.05) is 17.7 Å². The lowest BCUT2D eigenvalue weighted by molar-refractivity contribution is -0.116. The number of hydrogen-bond acceptors (Lipinski definition) is 8. The molecule has 0 aliphatic carbocycles. The summed E-state index contributed by atoms with van der Waals surface area (Å²) < 4.78 is 13.7. The number of anilines is 4. The van der Waals surface area contributed by atoms with E-state index in [0.29, 0.717) is 72.8 Å². The third-order valence-corrected chi connectivity index (χ3v) is 6.83. The Morgan fingerprint density at radius 2 is 2.06 bits per heavy atom. The van der Waals surface area contributed by atoms with E-state index >= 15 is 0 Å². The number of rotatable bonds is 1. The van der Waals surface area contributed by atoms with Crippen LogP contribution in [0.15, 0.2) is 36.5 Å². The minimum atomic E-state index is -0.119. The fourth-order valence-electron chi connectivity index (χ4n) is 4.87. The maximum Gasteiger partial charge on any atom is 0.224 e.